The second kappa shape index (κ2) is 14.2. The lowest BCUT2D eigenvalue weighted by molar-refractivity contribution is -0.120. The maximum Gasteiger partial charge on any atom is 0.405 e. The molecule has 2 rings (SSSR count). The number of fused-ring (bicyclic) bond motifs is 2. The van der Waals surface area contributed by atoms with E-state index in [4.69, 9.17) is 19.9 Å². The molecule has 214 valence electrons. The number of methoxy groups -OCH3 is 2. The summed E-state index contributed by atoms with van der Waals surface area (Å²) in [5.74, 6) is -2.58. The number of hydrogen-bond acceptors (Lipinski definition) is 8. The summed E-state index contributed by atoms with van der Waals surface area (Å²) >= 11 is 0. The van der Waals surface area contributed by atoms with Gasteiger partial charge in [0.15, 0.2) is 5.78 Å². The van der Waals surface area contributed by atoms with Gasteiger partial charge in [-0.05, 0) is 37.8 Å². The van der Waals surface area contributed by atoms with Gasteiger partial charge in [-0.3, -0.25) is 14.4 Å². The molecule has 0 aromatic carbocycles. The van der Waals surface area contributed by atoms with Crippen LogP contribution in [-0.2, 0) is 28.6 Å². The molecule has 0 spiro atoms. The number of carbonyl (C=O) groups excluding carboxylic acids is 4. The van der Waals surface area contributed by atoms with Gasteiger partial charge < -0.3 is 30.4 Å². The summed E-state index contributed by atoms with van der Waals surface area (Å²) < 4.78 is 16.7. The Bertz CT molecular complexity index is 1120. The van der Waals surface area contributed by atoms with Crippen molar-refractivity contribution in [2.24, 2.45) is 23.5 Å². The number of carbonyl (C=O) groups is 4. The van der Waals surface area contributed by atoms with Crippen LogP contribution in [0.3, 0.4) is 0 Å². The number of aliphatic hydroxyl groups is 1. The topological polar surface area (TPSA) is 154 Å². The zero-order valence-electron chi connectivity index (χ0n) is 23.6. The minimum absolute atomic E-state index is 0.0949. The first-order chi connectivity index (χ1) is 18.3. The maximum absolute atomic E-state index is 13.3. The van der Waals surface area contributed by atoms with Gasteiger partial charge in [-0.1, -0.05) is 45.1 Å². The van der Waals surface area contributed by atoms with Crippen LogP contribution in [0.15, 0.2) is 58.9 Å². The number of aliphatic hydroxyl groups excluding tert-OH is 1. The van der Waals surface area contributed by atoms with Crippen molar-refractivity contribution in [3.63, 3.8) is 0 Å². The van der Waals surface area contributed by atoms with Gasteiger partial charge in [0.05, 0.1) is 24.0 Å². The molecule has 1 heterocycles. The molecule has 0 aromatic rings. The summed E-state index contributed by atoms with van der Waals surface area (Å²) in [4.78, 5) is 50.2. The lowest BCUT2D eigenvalue weighted by Gasteiger charge is -2.32. The van der Waals surface area contributed by atoms with Crippen molar-refractivity contribution in [3.05, 3.63) is 58.9 Å². The molecule has 0 radical (unpaired) electrons. The normalized spacial score (nSPS) is 35.0. The van der Waals surface area contributed by atoms with E-state index >= 15 is 0 Å². The van der Waals surface area contributed by atoms with Crippen LogP contribution in [0.25, 0.3) is 0 Å². The second-order valence-corrected chi connectivity index (χ2v) is 10.2. The molecular formula is C29H40N2O8. The Kier molecular flexibility index (Phi) is 11.6. The molecule has 0 saturated heterocycles. The molecule has 10 nitrogen and oxygen atoms in total. The van der Waals surface area contributed by atoms with Crippen molar-refractivity contribution in [1.29, 1.82) is 0 Å². The lowest BCUT2D eigenvalue weighted by atomic mass is 9.84. The number of primary amides is 1. The van der Waals surface area contributed by atoms with Crippen molar-refractivity contribution >= 4 is 23.6 Å². The summed E-state index contributed by atoms with van der Waals surface area (Å²) in [6.07, 6.45) is 5.21. The Morgan fingerprint density at radius 1 is 1.03 bits per heavy atom. The molecule has 39 heavy (non-hydrogen) atoms. The Labute approximate surface area is 229 Å². The lowest BCUT2D eigenvalue weighted by Crippen LogP contribution is -2.40. The van der Waals surface area contributed by atoms with E-state index in [9.17, 15) is 24.3 Å². The number of amides is 2. The summed E-state index contributed by atoms with van der Waals surface area (Å²) in [5.41, 5.74) is 6.27. The van der Waals surface area contributed by atoms with Crippen molar-refractivity contribution in [2.45, 2.75) is 65.5 Å². The predicted octanol–water partition coefficient (Wildman–Crippen LogP) is 2.68. The summed E-state index contributed by atoms with van der Waals surface area (Å²) in [5, 5.41) is 13.7. The van der Waals surface area contributed by atoms with E-state index in [2.05, 4.69) is 5.32 Å². The minimum atomic E-state index is -0.965. The zero-order valence-corrected chi connectivity index (χ0v) is 23.6. The van der Waals surface area contributed by atoms with Gasteiger partial charge in [0.2, 0.25) is 5.78 Å². The average Bonchev–Trinajstić information content (AvgIpc) is 2.84. The quantitative estimate of drug-likeness (QED) is 0.362. The third kappa shape index (κ3) is 8.32. The highest BCUT2D eigenvalue weighted by Crippen LogP contribution is 2.29. The van der Waals surface area contributed by atoms with Gasteiger partial charge in [0, 0.05) is 43.3 Å². The van der Waals surface area contributed by atoms with E-state index < -0.39 is 53.9 Å². The van der Waals surface area contributed by atoms with Crippen LogP contribution >= 0.6 is 0 Å². The van der Waals surface area contributed by atoms with E-state index in [0.717, 1.165) is 6.08 Å². The molecule has 1 aliphatic carbocycles. The van der Waals surface area contributed by atoms with Crippen LogP contribution in [-0.4, -0.2) is 67.3 Å². The van der Waals surface area contributed by atoms with E-state index in [-0.39, 0.29) is 35.1 Å². The molecule has 2 amide bonds. The Balaban J connectivity index is 2.58. The van der Waals surface area contributed by atoms with Crippen molar-refractivity contribution < 1.29 is 38.5 Å². The number of rotatable bonds is 3. The summed E-state index contributed by atoms with van der Waals surface area (Å²) in [6.45, 7) is 8.87. The number of hydrogen-bond donors (Lipinski definition) is 3. The molecule has 7 atom stereocenters. The summed E-state index contributed by atoms with van der Waals surface area (Å²) in [7, 11) is 2.91. The van der Waals surface area contributed by atoms with Crippen molar-refractivity contribution in [1.82, 2.24) is 5.32 Å². The average molecular weight is 545 g/mol. The second-order valence-electron chi connectivity index (χ2n) is 10.2. The fourth-order valence-electron chi connectivity index (χ4n) is 5.07. The molecule has 0 aromatic heterocycles. The highest BCUT2D eigenvalue weighted by molar-refractivity contribution is 6.22. The van der Waals surface area contributed by atoms with E-state index in [1.165, 1.54) is 20.3 Å². The molecule has 0 fully saturated rings. The van der Waals surface area contributed by atoms with E-state index in [0.29, 0.717) is 5.57 Å². The fourth-order valence-corrected chi connectivity index (χ4v) is 5.07. The molecule has 2 aliphatic rings. The van der Waals surface area contributed by atoms with E-state index in [1.54, 1.807) is 39.0 Å². The highest BCUT2D eigenvalue weighted by Gasteiger charge is 2.35. The number of ketones is 2. The fraction of sp³-hybridized carbons (Fsp3) is 0.517. The van der Waals surface area contributed by atoms with Crippen LogP contribution in [0.5, 0.6) is 0 Å². The smallest absolute Gasteiger partial charge is 0.405 e. The third-order valence-corrected chi connectivity index (χ3v) is 7.01. The van der Waals surface area contributed by atoms with Gasteiger partial charge in [0.25, 0.3) is 5.91 Å². The largest absolute Gasteiger partial charge is 0.441 e. The molecule has 10 heteroatoms. The Morgan fingerprint density at radius 2 is 1.69 bits per heavy atom. The first-order valence-electron chi connectivity index (χ1n) is 12.9. The Morgan fingerprint density at radius 3 is 2.28 bits per heavy atom. The molecule has 1 unspecified atom stereocenters. The minimum Gasteiger partial charge on any atom is -0.441 e. The first kappa shape index (κ1) is 31.9. The first-order valence-corrected chi connectivity index (χ1v) is 12.9. The molecule has 0 saturated carbocycles. The summed E-state index contributed by atoms with van der Waals surface area (Å²) in [6, 6.07) is 0. The molecule has 4 N–H and O–H groups in total. The number of nitrogens with two attached hydrogens (primary N) is 1. The monoisotopic (exact) mass is 544 g/mol. The molecular weight excluding hydrogens is 504 g/mol. The maximum atomic E-state index is 13.3. The predicted molar refractivity (Wildman–Crippen MR) is 145 cm³/mol. The highest BCUT2D eigenvalue weighted by atomic mass is 16.6. The number of ether oxygens (including phenoxy) is 3. The number of Topliss-reactive ketones (excluding diaryl/α,β-unsaturated/α-hetero) is 1. The molecule has 2 bridgehead atoms. The van der Waals surface area contributed by atoms with Gasteiger partial charge in [-0.25, -0.2) is 4.79 Å². The van der Waals surface area contributed by atoms with Crippen LogP contribution < -0.4 is 11.1 Å². The molecule has 1 aliphatic heterocycles. The van der Waals surface area contributed by atoms with Crippen molar-refractivity contribution in [3.8, 4) is 0 Å². The van der Waals surface area contributed by atoms with Crippen molar-refractivity contribution in [2.75, 3.05) is 14.2 Å². The van der Waals surface area contributed by atoms with E-state index in [1.807, 2.05) is 19.9 Å². The Hall–Kier alpha value is -3.34. The standard InChI is InChI=1S/C29H40N2O8/c1-15-9-8-10-16(2)28(35)31-22-14-20(32)13-21(24(22)34)26(37-6)19(5)12-23(33)27(38-7)18(4)11-17(3)25(15)39-29(30)36/h8-11,13-15,18-19,23,25-27,33H,12H2,1-7H3,(H2,30,36)(H,31,35)/b9-8-,16-10+,17-11+/t15-,18-,19-,23-,25?,26+,27+/m0/s1. The van der Waals surface area contributed by atoms with Gasteiger partial charge in [-0.15, -0.1) is 0 Å². The third-order valence-electron chi connectivity index (χ3n) is 7.01. The van der Waals surface area contributed by atoms with Gasteiger partial charge >= 0.3 is 6.09 Å². The number of nitrogens with one attached hydrogen (secondary N) is 1. The van der Waals surface area contributed by atoms with Gasteiger partial charge in [0.1, 0.15) is 6.10 Å². The van der Waals surface area contributed by atoms with Crippen LogP contribution in [0.1, 0.15) is 41.0 Å². The zero-order chi connectivity index (χ0) is 29.4. The van der Waals surface area contributed by atoms with Crippen LogP contribution in [0.4, 0.5) is 4.79 Å². The van der Waals surface area contributed by atoms with Crippen LogP contribution in [0.2, 0.25) is 0 Å². The SMILES string of the molecule is CO[C@@H]1[C@@H](C)/C=C(\C)C(OC(N)=O)[C@@H](C)/C=C\C=C(/C)C(=O)NC2=CC(=O)C=C(C2=O)[C@H](OC)[C@@H](C)C[C@@H]1O. The van der Waals surface area contributed by atoms with Gasteiger partial charge in [-0.2, -0.15) is 0 Å². The number of allylic oxidation sites excluding steroid dienone is 5. The van der Waals surface area contributed by atoms with Crippen LogP contribution in [0, 0.1) is 17.8 Å².